The summed E-state index contributed by atoms with van der Waals surface area (Å²) in [5.74, 6) is 0.622. The Hall–Kier alpha value is -2.58. The number of nitrogens with one attached hydrogen (secondary N) is 1. The molecule has 31 heavy (non-hydrogen) atoms. The van der Waals surface area contributed by atoms with E-state index in [2.05, 4.69) is 10.2 Å². The molecule has 0 saturated carbocycles. The molecule has 168 valence electrons. The monoisotopic (exact) mass is 445 g/mol. The molecule has 1 heterocycles. The number of sulfonamides is 1. The van der Waals surface area contributed by atoms with Crippen LogP contribution in [-0.4, -0.2) is 57.5 Å². The number of hydrogen-bond donors (Lipinski definition) is 1. The van der Waals surface area contributed by atoms with Crippen molar-refractivity contribution in [2.24, 2.45) is 5.92 Å². The number of hydrogen-bond acceptors (Lipinski definition) is 5. The Labute approximate surface area is 185 Å². The van der Waals surface area contributed by atoms with E-state index in [1.165, 1.54) is 16.4 Å². The Balaban J connectivity index is 1.58. The van der Waals surface area contributed by atoms with Gasteiger partial charge in [-0.3, -0.25) is 4.79 Å². The van der Waals surface area contributed by atoms with Crippen molar-refractivity contribution in [3.8, 4) is 5.75 Å². The van der Waals surface area contributed by atoms with Gasteiger partial charge in [0.1, 0.15) is 5.75 Å². The van der Waals surface area contributed by atoms with Gasteiger partial charge >= 0.3 is 0 Å². The van der Waals surface area contributed by atoms with Crippen molar-refractivity contribution >= 4 is 21.6 Å². The highest BCUT2D eigenvalue weighted by Gasteiger charge is 2.28. The molecule has 7 nitrogen and oxygen atoms in total. The van der Waals surface area contributed by atoms with E-state index in [0.717, 1.165) is 5.69 Å². The lowest BCUT2D eigenvalue weighted by atomic mass is 10.2. The van der Waals surface area contributed by atoms with Crippen LogP contribution in [0.2, 0.25) is 0 Å². The van der Waals surface area contributed by atoms with Gasteiger partial charge in [-0.05, 0) is 49.2 Å². The van der Waals surface area contributed by atoms with Crippen molar-refractivity contribution < 1.29 is 17.9 Å². The average molecular weight is 446 g/mol. The largest absolute Gasteiger partial charge is 0.481 e. The van der Waals surface area contributed by atoms with Gasteiger partial charge in [-0.25, -0.2) is 8.42 Å². The SMILES string of the molecule is CC(C)CNC(=O)[C@@H](C)Oc1ccc(S(=O)(=O)N2CCN(c3ccccc3)CC2)cc1. The van der Waals surface area contributed by atoms with Gasteiger partial charge in [0.2, 0.25) is 10.0 Å². The standard InChI is InChI=1S/C23H31N3O4S/c1-18(2)17-24-23(27)19(3)30-21-9-11-22(12-10-21)31(28,29)26-15-13-25(14-16-26)20-7-5-4-6-8-20/h4-12,18-19H,13-17H2,1-3H3,(H,24,27)/t19-/m1/s1. The zero-order valence-electron chi connectivity index (χ0n) is 18.3. The van der Waals surface area contributed by atoms with E-state index in [4.69, 9.17) is 4.74 Å². The van der Waals surface area contributed by atoms with Gasteiger partial charge in [0.05, 0.1) is 4.90 Å². The van der Waals surface area contributed by atoms with Crippen LogP contribution < -0.4 is 15.0 Å². The molecule has 2 aromatic rings. The number of benzene rings is 2. The van der Waals surface area contributed by atoms with Gasteiger partial charge in [0, 0.05) is 38.4 Å². The molecule has 0 unspecified atom stereocenters. The van der Waals surface area contributed by atoms with E-state index in [1.807, 2.05) is 44.2 Å². The Bertz CT molecular complexity index is 954. The van der Waals surface area contributed by atoms with Crippen molar-refractivity contribution in [3.05, 3.63) is 54.6 Å². The number of amides is 1. The molecule has 0 aromatic heterocycles. The first-order chi connectivity index (χ1) is 14.8. The molecule has 1 aliphatic rings. The lowest BCUT2D eigenvalue weighted by Crippen LogP contribution is -2.48. The van der Waals surface area contributed by atoms with Crippen molar-refractivity contribution in [1.29, 1.82) is 0 Å². The second-order valence-corrected chi connectivity index (χ2v) is 10.0. The topological polar surface area (TPSA) is 78.9 Å². The molecule has 1 aliphatic heterocycles. The third-order valence-electron chi connectivity index (χ3n) is 5.19. The number of nitrogens with zero attached hydrogens (tertiary/aromatic N) is 2. The highest BCUT2D eigenvalue weighted by atomic mass is 32.2. The van der Waals surface area contributed by atoms with Crippen molar-refractivity contribution in [1.82, 2.24) is 9.62 Å². The zero-order chi connectivity index (χ0) is 22.4. The Kier molecular flexibility index (Phi) is 7.56. The maximum Gasteiger partial charge on any atom is 0.260 e. The van der Waals surface area contributed by atoms with Gasteiger partial charge in [-0.1, -0.05) is 32.0 Å². The smallest absolute Gasteiger partial charge is 0.260 e. The summed E-state index contributed by atoms with van der Waals surface area (Å²) < 4.78 is 33.2. The molecule has 1 saturated heterocycles. The van der Waals surface area contributed by atoms with Crippen molar-refractivity contribution in [2.45, 2.75) is 31.8 Å². The maximum absolute atomic E-state index is 13.0. The first-order valence-electron chi connectivity index (χ1n) is 10.6. The van der Waals surface area contributed by atoms with E-state index in [9.17, 15) is 13.2 Å². The van der Waals surface area contributed by atoms with Crippen LogP contribution in [0.15, 0.2) is 59.5 Å². The third kappa shape index (κ3) is 5.98. The summed E-state index contributed by atoms with van der Waals surface area (Å²) in [4.78, 5) is 14.5. The Morgan fingerprint density at radius 1 is 0.968 bits per heavy atom. The number of carbonyl (C=O) groups is 1. The molecule has 8 heteroatoms. The fourth-order valence-corrected chi connectivity index (χ4v) is 4.79. The number of rotatable bonds is 8. The summed E-state index contributed by atoms with van der Waals surface area (Å²) in [6.07, 6.45) is -0.660. The second kappa shape index (κ2) is 10.2. The average Bonchev–Trinajstić information content (AvgIpc) is 2.78. The highest BCUT2D eigenvalue weighted by molar-refractivity contribution is 7.89. The van der Waals surface area contributed by atoms with Crippen LogP contribution in [0.3, 0.4) is 0 Å². The maximum atomic E-state index is 13.0. The van der Waals surface area contributed by atoms with Crippen molar-refractivity contribution in [2.75, 3.05) is 37.6 Å². The molecular weight excluding hydrogens is 414 g/mol. The Morgan fingerprint density at radius 2 is 1.58 bits per heavy atom. The molecule has 3 rings (SSSR count). The predicted octanol–water partition coefficient (Wildman–Crippen LogP) is 2.74. The van der Waals surface area contributed by atoms with Crippen LogP contribution >= 0.6 is 0 Å². The molecule has 2 aromatic carbocycles. The molecule has 0 bridgehead atoms. The van der Waals surface area contributed by atoms with E-state index >= 15 is 0 Å². The molecule has 1 atom stereocenters. The molecule has 1 N–H and O–H groups in total. The van der Waals surface area contributed by atoms with Crippen LogP contribution in [0.1, 0.15) is 20.8 Å². The minimum Gasteiger partial charge on any atom is -0.481 e. The van der Waals surface area contributed by atoms with Gasteiger partial charge in [-0.2, -0.15) is 4.31 Å². The second-order valence-electron chi connectivity index (χ2n) is 8.10. The fourth-order valence-electron chi connectivity index (χ4n) is 3.37. The van der Waals surface area contributed by atoms with Crippen LogP contribution in [0.5, 0.6) is 5.75 Å². The predicted molar refractivity (Wildman–Crippen MR) is 122 cm³/mol. The highest BCUT2D eigenvalue weighted by Crippen LogP contribution is 2.23. The van der Waals surface area contributed by atoms with Gasteiger partial charge in [0.25, 0.3) is 5.91 Å². The Morgan fingerprint density at radius 3 is 2.16 bits per heavy atom. The van der Waals surface area contributed by atoms with Crippen LogP contribution in [0.25, 0.3) is 0 Å². The van der Waals surface area contributed by atoms with E-state index in [-0.39, 0.29) is 10.8 Å². The lowest BCUT2D eigenvalue weighted by molar-refractivity contribution is -0.127. The summed E-state index contributed by atoms with van der Waals surface area (Å²) in [6, 6.07) is 16.3. The van der Waals surface area contributed by atoms with Crippen molar-refractivity contribution in [3.63, 3.8) is 0 Å². The van der Waals surface area contributed by atoms with E-state index in [0.29, 0.717) is 44.4 Å². The summed E-state index contributed by atoms with van der Waals surface area (Å²) in [5.41, 5.74) is 1.10. The van der Waals surface area contributed by atoms with E-state index < -0.39 is 16.1 Å². The van der Waals surface area contributed by atoms with Crippen LogP contribution in [0, 0.1) is 5.92 Å². The summed E-state index contributed by atoms with van der Waals surface area (Å²) in [6.45, 7) is 8.46. The molecule has 0 spiro atoms. The van der Waals surface area contributed by atoms with Gasteiger partial charge in [-0.15, -0.1) is 0 Å². The number of anilines is 1. The number of para-hydroxylation sites is 1. The number of carbonyl (C=O) groups excluding carboxylic acids is 1. The van der Waals surface area contributed by atoms with Crippen LogP contribution in [0.4, 0.5) is 5.69 Å². The molecule has 1 amide bonds. The fraction of sp³-hybridized carbons (Fsp3) is 0.435. The number of ether oxygens (including phenoxy) is 1. The van der Waals surface area contributed by atoms with E-state index in [1.54, 1.807) is 19.1 Å². The first kappa shape index (κ1) is 23.1. The van der Waals surface area contributed by atoms with Gasteiger partial charge < -0.3 is 15.0 Å². The summed E-state index contributed by atoms with van der Waals surface area (Å²) in [5, 5.41) is 2.83. The molecule has 1 fully saturated rings. The first-order valence-corrected chi connectivity index (χ1v) is 12.1. The third-order valence-corrected chi connectivity index (χ3v) is 7.10. The normalized spacial score (nSPS) is 16.2. The molecule has 0 aliphatic carbocycles. The van der Waals surface area contributed by atoms with Gasteiger partial charge in [0.15, 0.2) is 6.10 Å². The summed E-state index contributed by atoms with van der Waals surface area (Å²) in [7, 11) is -3.58. The minimum absolute atomic E-state index is 0.193. The quantitative estimate of drug-likeness (QED) is 0.676. The molecular formula is C23H31N3O4S. The van der Waals surface area contributed by atoms with Crippen LogP contribution in [-0.2, 0) is 14.8 Å². The zero-order valence-corrected chi connectivity index (χ0v) is 19.1. The lowest BCUT2D eigenvalue weighted by Gasteiger charge is -2.35. The molecule has 0 radical (unpaired) electrons. The summed E-state index contributed by atoms with van der Waals surface area (Å²) >= 11 is 0. The minimum atomic E-state index is -3.58. The number of piperazine rings is 1.